The van der Waals surface area contributed by atoms with Gasteiger partial charge in [0.25, 0.3) is 0 Å². The third-order valence-corrected chi connectivity index (χ3v) is 6.23. The molecule has 180 valence electrons. The second-order valence-corrected chi connectivity index (χ2v) is 10.3. The molecule has 1 saturated carbocycles. The van der Waals surface area contributed by atoms with Gasteiger partial charge in [0.2, 0.25) is 0 Å². The highest BCUT2D eigenvalue weighted by Gasteiger charge is 2.30. The Kier molecular flexibility index (Phi) is 11.2. The molecule has 1 aliphatic rings. The maximum Gasteiger partial charge on any atom is 0.337 e. The first-order chi connectivity index (χ1) is 14.3. The molecule has 0 saturated heterocycles. The minimum atomic E-state index is -1.56. The van der Waals surface area contributed by atoms with Crippen LogP contribution in [0.15, 0.2) is 12.2 Å². The van der Waals surface area contributed by atoms with E-state index in [-0.39, 0.29) is 24.7 Å². The van der Waals surface area contributed by atoms with Crippen molar-refractivity contribution in [2.45, 2.75) is 104 Å². The summed E-state index contributed by atoms with van der Waals surface area (Å²) in [4.78, 5) is 24.2. The van der Waals surface area contributed by atoms with Crippen molar-refractivity contribution < 1.29 is 29.3 Å². The van der Waals surface area contributed by atoms with Crippen molar-refractivity contribution in [2.75, 3.05) is 13.2 Å². The van der Waals surface area contributed by atoms with Crippen LogP contribution in [0.1, 0.15) is 92.4 Å². The highest BCUT2D eigenvalue weighted by molar-refractivity contribution is 5.89. The van der Waals surface area contributed by atoms with Gasteiger partial charge in [-0.05, 0) is 46.0 Å². The molecule has 1 fully saturated rings. The molecule has 1 aliphatic carbocycles. The smallest absolute Gasteiger partial charge is 0.337 e. The van der Waals surface area contributed by atoms with Crippen molar-refractivity contribution in [3.05, 3.63) is 12.2 Å². The molecule has 0 aromatic carbocycles. The van der Waals surface area contributed by atoms with Crippen LogP contribution in [0.3, 0.4) is 0 Å². The SMILES string of the molecule is C=C(C(=O)OCC(COC(=O)C(C)(C)O)CC1CCC(CCCCC)CC1)C(C)(C)O. The fourth-order valence-electron chi connectivity index (χ4n) is 4.00. The number of esters is 2. The van der Waals surface area contributed by atoms with E-state index in [1.165, 1.54) is 66.2 Å². The Morgan fingerprint density at radius 1 is 0.935 bits per heavy atom. The Hall–Kier alpha value is -1.40. The largest absolute Gasteiger partial charge is 0.463 e. The second-order valence-electron chi connectivity index (χ2n) is 10.3. The zero-order valence-corrected chi connectivity index (χ0v) is 20.2. The zero-order valence-electron chi connectivity index (χ0n) is 20.2. The van der Waals surface area contributed by atoms with Crippen molar-refractivity contribution in [1.82, 2.24) is 0 Å². The van der Waals surface area contributed by atoms with Crippen molar-refractivity contribution in [3.8, 4) is 0 Å². The summed E-state index contributed by atoms with van der Waals surface area (Å²) in [6.07, 6.45) is 10.7. The highest BCUT2D eigenvalue weighted by Crippen LogP contribution is 2.35. The van der Waals surface area contributed by atoms with E-state index < -0.39 is 23.1 Å². The fraction of sp³-hybridized carbons (Fsp3) is 0.840. The van der Waals surface area contributed by atoms with Crippen molar-refractivity contribution >= 4 is 11.9 Å². The standard InChI is InChI=1S/C25H44O6/c1-7-8-9-10-19-11-13-20(14-12-19)15-21(17-31-23(27)25(5,6)29)16-30-22(26)18(2)24(3,4)28/h19-21,28-29H,2,7-17H2,1,3-6H3. The number of hydrogen-bond acceptors (Lipinski definition) is 6. The molecule has 0 aromatic rings. The van der Waals surface area contributed by atoms with Gasteiger partial charge in [0.05, 0.1) is 24.4 Å². The fourth-order valence-corrected chi connectivity index (χ4v) is 4.00. The first-order valence-corrected chi connectivity index (χ1v) is 11.8. The summed E-state index contributed by atoms with van der Waals surface area (Å²) in [6, 6.07) is 0. The van der Waals surface area contributed by atoms with E-state index in [0.717, 1.165) is 25.2 Å². The summed E-state index contributed by atoms with van der Waals surface area (Å²) in [5, 5.41) is 19.8. The predicted octanol–water partition coefficient (Wildman–Crippen LogP) is 4.56. The average Bonchev–Trinajstić information content (AvgIpc) is 2.68. The van der Waals surface area contributed by atoms with Crippen LogP contribution in [0.5, 0.6) is 0 Å². The number of rotatable bonds is 13. The van der Waals surface area contributed by atoms with Crippen molar-refractivity contribution in [3.63, 3.8) is 0 Å². The van der Waals surface area contributed by atoms with Crippen LogP contribution in [-0.2, 0) is 19.1 Å². The van der Waals surface area contributed by atoms with E-state index in [1.54, 1.807) is 0 Å². The first-order valence-electron chi connectivity index (χ1n) is 11.8. The monoisotopic (exact) mass is 440 g/mol. The molecule has 0 radical (unpaired) electrons. The van der Waals surface area contributed by atoms with Gasteiger partial charge in [0.15, 0.2) is 5.60 Å². The minimum absolute atomic E-state index is 0.00711. The molecule has 2 N–H and O–H groups in total. The lowest BCUT2D eigenvalue weighted by Crippen LogP contribution is -2.35. The predicted molar refractivity (Wildman–Crippen MR) is 121 cm³/mol. The van der Waals surface area contributed by atoms with Gasteiger partial charge in [-0.15, -0.1) is 0 Å². The molecule has 6 heteroatoms. The van der Waals surface area contributed by atoms with Crippen LogP contribution in [-0.4, -0.2) is 46.6 Å². The van der Waals surface area contributed by atoms with Gasteiger partial charge in [0, 0.05) is 5.92 Å². The molecule has 0 spiro atoms. The Bertz CT molecular complexity index is 576. The molecule has 1 unspecified atom stereocenters. The quantitative estimate of drug-likeness (QED) is 0.248. The first kappa shape index (κ1) is 27.6. The molecule has 0 aliphatic heterocycles. The number of aliphatic hydroxyl groups is 2. The lowest BCUT2D eigenvalue weighted by atomic mass is 9.76. The molecular weight excluding hydrogens is 396 g/mol. The molecule has 1 atom stereocenters. The number of carbonyl (C=O) groups excluding carboxylic acids is 2. The summed E-state index contributed by atoms with van der Waals surface area (Å²) < 4.78 is 10.7. The molecule has 0 amide bonds. The van der Waals surface area contributed by atoms with Crippen LogP contribution >= 0.6 is 0 Å². The van der Waals surface area contributed by atoms with Crippen LogP contribution in [0.25, 0.3) is 0 Å². The van der Waals surface area contributed by atoms with Gasteiger partial charge in [-0.1, -0.05) is 64.9 Å². The van der Waals surface area contributed by atoms with Crippen LogP contribution in [0.2, 0.25) is 0 Å². The molecule has 0 aromatic heterocycles. The Labute approximate surface area is 188 Å². The Morgan fingerprint density at radius 3 is 2.00 bits per heavy atom. The van der Waals surface area contributed by atoms with E-state index >= 15 is 0 Å². The average molecular weight is 441 g/mol. The number of carbonyl (C=O) groups is 2. The van der Waals surface area contributed by atoms with E-state index in [0.29, 0.717) is 5.92 Å². The molecule has 6 nitrogen and oxygen atoms in total. The molecule has 0 bridgehead atoms. The van der Waals surface area contributed by atoms with Crippen molar-refractivity contribution in [2.24, 2.45) is 17.8 Å². The zero-order chi connectivity index (χ0) is 23.7. The molecule has 31 heavy (non-hydrogen) atoms. The normalized spacial score (nSPS) is 20.7. The lowest BCUT2D eigenvalue weighted by molar-refractivity contribution is -0.164. The topological polar surface area (TPSA) is 93.1 Å². The second kappa shape index (κ2) is 12.6. The number of ether oxygens (including phenoxy) is 2. The third kappa shape index (κ3) is 10.6. The van der Waals surface area contributed by atoms with Gasteiger partial charge in [-0.2, -0.15) is 0 Å². The highest BCUT2D eigenvalue weighted by atomic mass is 16.6. The number of unbranched alkanes of at least 4 members (excludes halogenated alkanes) is 2. The Balaban J connectivity index is 2.61. The van der Waals surface area contributed by atoms with Gasteiger partial charge < -0.3 is 19.7 Å². The summed E-state index contributed by atoms with van der Waals surface area (Å²) in [6.45, 7) is 11.8. The van der Waals surface area contributed by atoms with Gasteiger partial charge in [0.1, 0.15) is 0 Å². The summed E-state index contributed by atoms with van der Waals surface area (Å²) in [7, 11) is 0. The van der Waals surface area contributed by atoms with Gasteiger partial charge in [-0.3, -0.25) is 0 Å². The summed E-state index contributed by atoms with van der Waals surface area (Å²) in [5.41, 5.74) is -2.92. The maximum absolute atomic E-state index is 12.2. The summed E-state index contributed by atoms with van der Waals surface area (Å²) in [5.74, 6) is -0.187. The van der Waals surface area contributed by atoms with Crippen LogP contribution in [0.4, 0.5) is 0 Å². The van der Waals surface area contributed by atoms with Crippen LogP contribution < -0.4 is 0 Å². The molecular formula is C25H44O6. The van der Waals surface area contributed by atoms with Crippen molar-refractivity contribution in [1.29, 1.82) is 0 Å². The van der Waals surface area contributed by atoms with E-state index in [1.807, 2.05) is 0 Å². The number of hydrogen-bond donors (Lipinski definition) is 2. The minimum Gasteiger partial charge on any atom is -0.463 e. The molecule has 1 rings (SSSR count). The maximum atomic E-state index is 12.2. The summed E-state index contributed by atoms with van der Waals surface area (Å²) >= 11 is 0. The molecule has 0 heterocycles. The van der Waals surface area contributed by atoms with E-state index in [2.05, 4.69) is 13.5 Å². The Morgan fingerprint density at radius 2 is 1.48 bits per heavy atom. The van der Waals surface area contributed by atoms with Gasteiger partial charge >= 0.3 is 11.9 Å². The van der Waals surface area contributed by atoms with Crippen LogP contribution in [0, 0.1) is 17.8 Å². The lowest BCUT2D eigenvalue weighted by Gasteiger charge is -2.31. The van der Waals surface area contributed by atoms with E-state index in [4.69, 9.17) is 9.47 Å². The van der Waals surface area contributed by atoms with Gasteiger partial charge in [-0.25, -0.2) is 9.59 Å². The van der Waals surface area contributed by atoms with E-state index in [9.17, 15) is 19.8 Å². The third-order valence-electron chi connectivity index (χ3n) is 6.23.